The molecule has 1 aliphatic rings. The van der Waals surface area contributed by atoms with Gasteiger partial charge in [-0.1, -0.05) is 12.1 Å². The summed E-state index contributed by atoms with van der Waals surface area (Å²) in [5, 5.41) is 3.22. The molecule has 1 N–H and O–H groups in total. The largest absolute Gasteiger partial charge is 0.358 e. The third-order valence-electron chi connectivity index (χ3n) is 5.35. The Kier molecular flexibility index (Phi) is 3.96. The van der Waals surface area contributed by atoms with Crippen molar-refractivity contribution < 1.29 is 0 Å². The van der Waals surface area contributed by atoms with Crippen molar-refractivity contribution >= 4 is 11.5 Å². The number of nitrogens with zero attached hydrogens (tertiary/aromatic N) is 4. The quantitative estimate of drug-likeness (QED) is 0.796. The summed E-state index contributed by atoms with van der Waals surface area (Å²) in [5.74, 6) is 2.28. The summed E-state index contributed by atoms with van der Waals surface area (Å²) < 4.78 is 2.16. The number of anilines is 1. The van der Waals surface area contributed by atoms with Gasteiger partial charge in [0, 0.05) is 31.3 Å². The third kappa shape index (κ3) is 2.68. The van der Waals surface area contributed by atoms with Crippen LogP contribution >= 0.6 is 0 Å². The normalized spacial score (nSPS) is 18.2. The van der Waals surface area contributed by atoms with Gasteiger partial charge in [-0.3, -0.25) is 4.40 Å². The topological polar surface area (TPSA) is 45.5 Å². The molecule has 0 saturated carbocycles. The number of aryl methyl sites for hydroxylation is 2. The molecule has 0 radical (unpaired) electrons. The summed E-state index contributed by atoms with van der Waals surface area (Å²) in [4.78, 5) is 12.0. The number of benzene rings is 1. The smallest absolute Gasteiger partial charge is 0.208 e. The number of aromatic nitrogens is 3. The van der Waals surface area contributed by atoms with Crippen LogP contribution in [0.3, 0.4) is 0 Å². The molecule has 5 nitrogen and oxygen atoms in total. The number of likely N-dealkylation sites (N-methyl/N-ethyl adjacent to an activating group) is 1. The molecule has 1 atom stereocenters. The Morgan fingerprint density at radius 3 is 2.68 bits per heavy atom. The first-order chi connectivity index (χ1) is 12.1. The Bertz CT molecular complexity index is 927. The first-order valence-corrected chi connectivity index (χ1v) is 8.89. The van der Waals surface area contributed by atoms with Crippen LogP contribution in [0, 0.1) is 13.8 Å². The molecule has 0 bridgehead atoms. The van der Waals surface area contributed by atoms with Gasteiger partial charge in [0.1, 0.15) is 5.82 Å². The van der Waals surface area contributed by atoms with E-state index >= 15 is 0 Å². The van der Waals surface area contributed by atoms with E-state index in [1.807, 2.05) is 13.2 Å². The van der Waals surface area contributed by atoms with Crippen LogP contribution in [-0.2, 0) is 0 Å². The predicted octanol–water partition coefficient (Wildman–Crippen LogP) is 3.47. The molecule has 0 spiro atoms. The molecule has 1 saturated heterocycles. The van der Waals surface area contributed by atoms with Gasteiger partial charge in [-0.05, 0) is 57.1 Å². The highest BCUT2D eigenvalue weighted by Gasteiger charge is 2.27. The maximum atomic E-state index is 5.11. The van der Waals surface area contributed by atoms with E-state index < -0.39 is 0 Å². The SMILES string of the molecule is CNc1nccc2c(C3CCN(C)C3)nc(-c3ccc(C)c(C)c3)n12. The van der Waals surface area contributed by atoms with Gasteiger partial charge in [0.05, 0.1) is 11.2 Å². The van der Waals surface area contributed by atoms with Crippen molar-refractivity contribution in [3.05, 3.63) is 47.3 Å². The van der Waals surface area contributed by atoms with E-state index in [1.165, 1.54) is 16.8 Å². The first kappa shape index (κ1) is 16.1. The minimum Gasteiger partial charge on any atom is -0.358 e. The second kappa shape index (κ2) is 6.15. The fraction of sp³-hybridized carbons (Fsp3) is 0.400. The van der Waals surface area contributed by atoms with Crippen molar-refractivity contribution in [1.82, 2.24) is 19.3 Å². The van der Waals surface area contributed by atoms with E-state index in [0.717, 1.165) is 42.4 Å². The molecule has 1 fully saturated rings. The Morgan fingerprint density at radius 1 is 1.16 bits per heavy atom. The van der Waals surface area contributed by atoms with E-state index in [9.17, 15) is 0 Å². The molecular weight excluding hydrogens is 310 g/mol. The van der Waals surface area contributed by atoms with E-state index in [4.69, 9.17) is 4.98 Å². The summed E-state index contributed by atoms with van der Waals surface area (Å²) in [6.07, 6.45) is 3.03. The number of rotatable bonds is 3. The Hall–Kier alpha value is -2.40. The summed E-state index contributed by atoms with van der Waals surface area (Å²) in [5.41, 5.74) is 6.07. The fourth-order valence-corrected chi connectivity index (χ4v) is 3.77. The molecule has 2 aromatic heterocycles. The predicted molar refractivity (Wildman–Crippen MR) is 102 cm³/mol. The number of nitrogens with one attached hydrogen (secondary N) is 1. The van der Waals surface area contributed by atoms with Crippen molar-refractivity contribution in [2.75, 3.05) is 32.5 Å². The lowest BCUT2D eigenvalue weighted by Crippen LogP contribution is -2.13. The average Bonchev–Trinajstić information content (AvgIpc) is 3.20. The van der Waals surface area contributed by atoms with Gasteiger partial charge in [-0.15, -0.1) is 0 Å². The molecule has 3 aromatic rings. The first-order valence-electron chi connectivity index (χ1n) is 8.89. The van der Waals surface area contributed by atoms with Crippen LogP contribution in [0.15, 0.2) is 30.5 Å². The van der Waals surface area contributed by atoms with Crippen molar-refractivity contribution in [3.8, 4) is 11.4 Å². The van der Waals surface area contributed by atoms with Gasteiger partial charge in [-0.2, -0.15) is 0 Å². The third-order valence-corrected chi connectivity index (χ3v) is 5.35. The van der Waals surface area contributed by atoms with Gasteiger partial charge in [0.2, 0.25) is 5.95 Å². The molecule has 0 amide bonds. The van der Waals surface area contributed by atoms with E-state index in [-0.39, 0.29) is 0 Å². The van der Waals surface area contributed by atoms with Gasteiger partial charge in [-0.25, -0.2) is 9.97 Å². The molecule has 130 valence electrons. The molecule has 1 aliphatic heterocycles. The second-order valence-corrected chi connectivity index (χ2v) is 7.11. The Morgan fingerprint density at radius 2 is 2.00 bits per heavy atom. The van der Waals surface area contributed by atoms with Crippen LogP contribution in [0.1, 0.15) is 29.2 Å². The lowest BCUT2D eigenvalue weighted by molar-refractivity contribution is 0.411. The van der Waals surface area contributed by atoms with E-state index in [0.29, 0.717) is 5.92 Å². The molecule has 3 heterocycles. The average molecular weight is 335 g/mol. The zero-order valence-corrected chi connectivity index (χ0v) is 15.4. The number of imidazole rings is 1. The van der Waals surface area contributed by atoms with E-state index in [1.54, 1.807) is 0 Å². The molecule has 1 aromatic carbocycles. The molecule has 1 unspecified atom stereocenters. The highest BCUT2D eigenvalue weighted by molar-refractivity contribution is 5.69. The molecular formula is C20H25N5. The van der Waals surface area contributed by atoms with Gasteiger partial charge < -0.3 is 10.2 Å². The van der Waals surface area contributed by atoms with Gasteiger partial charge in [0.15, 0.2) is 0 Å². The lowest BCUT2D eigenvalue weighted by atomic mass is 10.0. The summed E-state index contributed by atoms with van der Waals surface area (Å²) in [7, 11) is 4.10. The van der Waals surface area contributed by atoms with Crippen LogP contribution in [0.25, 0.3) is 16.9 Å². The monoisotopic (exact) mass is 335 g/mol. The number of hydrogen-bond acceptors (Lipinski definition) is 4. The van der Waals surface area contributed by atoms with Crippen LogP contribution < -0.4 is 5.32 Å². The van der Waals surface area contributed by atoms with E-state index in [2.05, 4.69) is 64.8 Å². The van der Waals surface area contributed by atoms with Crippen molar-refractivity contribution in [2.24, 2.45) is 0 Å². The van der Waals surface area contributed by atoms with Crippen molar-refractivity contribution in [1.29, 1.82) is 0 Å². The highest BCUT2D eigenvalue weighted by Crippen LogP contribution is 2.34. The minimum absolute atomic E-state index is 0.479. The number of likely N-dealkylation sites (tertiary alicyclic amines) is 1. The second-order valence-electron chi connectivity index (χ2n) is 7.11. The molecule has 25 heavy (non-hydrogen) atoms. The van der Waals surface area contributed by atoms with Crippen LogP contribution in [0.2, 0.25) is 0 Å². The summed E-state index contributed by atoms with van der Waals surface area (Å²) in [6.45, 7) is 6.49. The maximum absolute atomic E-state index is 5.11. The fourth-order valence-electron chi connectivity index (χ4n) is 3.77. The minimum atomic E-state index is 0.479. The zero-order valence-electron chi connectivity index (χ0n) is 15.4. The maximum Gasteiger partial charge on any atom is 0.208 e. The van der Waals surface area contributed by atoms with Crippen LogP contribution in [0.5, 0.6) is 0 Å². The highest BCUT2D eigenvalue weighted by atomic mass is 15.2. The lowest BCUT2D eigenvalue weighted by Gasteiger charge is -2.09. The molecule has 5 heteroatoms. The molecule has 4 rings (SSSR count). The molecule has 0 aliphatic carbocycles. The standard InChI is InChI=1S/C20H25N5/c1-13-5-6-15(11-14(13)2)19-23-18(16-8-10-24(4)12-16)17-7-9-22-20(21-3)25(17)19/h5-7,9,11,16H,8,10,12H2,1-4H3,(H,21,22). The summed E-state index contributed by atoms with van der Waals surface area (Å²) in [6, 6.07) is 8.64. The Labute approximate surface area is 148 Å². The van der Waals surface area contributed by atoms with Gasteiger partial charge in [0.25, 0.3) is 0 Å². The number of hydrogen-bond donors (Lipinski definition) is 1. The Balaban J connectivity index is 1.95. The van der Waals surface area contributed by atoms with Crippen LogP contribution in [0.4, 0.5) is 5.95 Å². The summed E-state index contributed by atoms with van der Waals surface area (Å²) >= 11 is 0. The number of fused-ring (bicyclic) bond motifs is 1. The van der Waals surface area contributed by atoms with Gasteiger partial charge >= 0.3 is 0 Å². The van der Waals surface area contributed by atoms with Crippen molar-refractivity contribution in [2.45, 2.75) is 26.2 Å². The van der Waals surface area contributed by atoms with Crippen LogP contribution in [-0.4, -0.2) is 46.5 Å². The zero-order chi connectivity index (χ0) is 17.6. The van der Waals surface area contributed by atoms with Crippen molar-refractivity contribution in [3.63, 3.8) is 0 Å².